The number of nitrogens with zero attached hydrogens (tertiary/aromatic N) is 2. The van der Waals surface area contributed by atoms with Crippen molar-refractivity contribution in [1.82, 2.24) is 15.2 Å². The van der Waals surface area contributed by atoms with Crippen molar-refractivity contribution < 1.29 is 23.5 Å². The molecule has 1 aliphatic rings. The van der Waals surface area contributed by atoms with Crippen molar-refractivity contribution in [3.63, 3.8) is 0 Å². The van der Waals surface area contributed by atoms with Crippen LogP contribution in [0.5, 0.6) is 0 Å². The second-order valence-electron chi connectivity index (χ2n) is 7.99. The van der Waals surface area contributed by atoms with Crippen LogP contribution in [-0.4, -0.2) is 65.7 Å². The molecule has 10 nitrogen and oxygen atoms in total. The molecule has 35 heavy (non-hydrogen) atoms. The maximum Gasteiger partial charge on any atom is 0.267 e. The highest BCUT2D eigenvalue weighted by atomic mass is 35.5. The lowest BCUT2D eigenvalue weighted by molar-refractivity contribution is -0.140. The molecule has 5 N–H and O–H groups in total. The molecule has 1 aliphatic heterocycles. The number of amides is 3. The first kappa shape index (κ1) is 26.0. The van der Waals surface area contributed by atoms with E-state index in [0.717, 1.165) is 0 Å². The lowest BCUT2D eigenvalue weighted by Crippen LogP contribution is -2.51. The molecule has 1 fully saturated rings. The fourth-order valence-corrected chi connectivity index (χ4v) is 4.08. The number of carbonyl (C=O) groups is 3. The van der Waals surface area contributed by atoms with Crippen molar-refractivity contribution in [2.75, 3.05) is 25.5 Å². The van der Waals surface area contributed by atoms with Crippen molar-refractivity contribution in [1.29, 1.82) is 5.41 Å². The zero-order valence-electron chi connectivity index (χ0n) is 19.2. The molecule has 12 heteroatoms. The number of carbonyl (C=O) groups excluding carboxylic acids is 3. The van der Waals surface area contributed by atoms with E-state index in [0.29, 0.717) is 12.1 Å². The van der Waals surface area contributed by atoms with Crippen LogP contribution in [0.15, 0.2) is 30.5 Å². The Kier molecular flexibility index (Phi) is 8.36. The van der Waals surface area contributed by atoms with E-state index < -0.39 is 41.4 Å². The van der Waals surface area contributed by atoms with Crippen molar-refractivity contribution in [3.05, 3.63) is 58.1 Å². The third kappa shape index (κ3) is 5.92. The van der Waals surface area contributed by atoms with E-state index in [1.807, 2.05) is 0 Å². The molecule has 1 saturated heterocycles. The minimum absolute atomic E-state index is 0.0513. The summed E-state index contributed by atoms with van der Waals surface area (Å²) in [6, 6.07) is 5.09. The largest absolute Gasteiger partial charge is 0.379 e. The standard InChI is InChI=1S/C23H26ClFN6O4/c1-12-8-14(20(26)22(27)33)16(10-28-12)29-11-18(32)31-7-6-17(35-2)21(31)23(34)30-9-13-4-3-5-15(24)19(13)25/h3-5,8,10,17,21,26,29H,6-7,9,11H2,1-2H3,(H2,27,33)(H,30,34)/t17-,21+/m1/s1. The number of likely N-dealkylation sites (tertiary alicyclic amines) is 1. The van der Waals surface area contributed by atoms with Gasteiger partial charge in [-0.2, -0.15) is 0 Å². The van der Waals surface area contributed by atoms with Crippen molar-refractivity contribution in [2.24, 2.45) is 5.73 Å². The van der Waals surface area contributed by atoms with Gasteiger partial charge in [-0.05, 0) is 25.5 Å². The van der Waals surface area contributed by atoms with Gasteiger partial charge >= 0.3 is 0 Å². The molecule has 0 saturated carbocycles. The topological polar surface area (TPSA) is 150 Å². The smallest absolute Gasteiger partial charge is 0.267 e. The monoisotopic (exact) mass is 504 g/mol. The van der Waals surface area contributed by atoms with E-state index in [9.17, 15) is 18.8 Å². The summed E-state index contributed by atoms with van der Waals surface area (Å²) in [5.74, 6) is -2.43. The predicted molar refractivity (Wildman–Crippen MR) is 128 cm³/mol. The van der Waals surface area contributed by atoms with Crippen LogP contribution in [0.1, 0.15) is 23.2 Å². The Morgan fingerprint density at radius 1 is 1.37 bits per heavy atom. The number of nitrogens with two attached hydrogens (primary N) is 1. The molecular formula is C23H26ClFN6O4. The molecule has 0 radical (unpaired) electrons. The highest BCUT2D eigenvalue weighted by Crippen LogP contribution is 2.23. The summed E-state index contributed by atoms with van der Waals surface area (Å²) < 4.78 is 19.6. The molecule has 0 bridgehead atoms. The Morgan fingerprint density at radius 3 is 2.80 bits per heavy atom. The number of benzene rings is 1. The molecule has 1 aromatic carbocycles. The van der Waals surface area contributed by atoms with Gasteiger partial charge in [0, 0.05) is 37.0 Å². The molecule has 0 spiro atoms. The third-order valence-electron chi connectivity index (χ3n) is 5.71. The van der Waals surface area contributed by atoms with Crippen molar-refractivity contribution in [3.8, 4) is 0 Å². The SMILES string of the molecule is CO[C@@H]1CCN(C(=O)CNc2cnc(C)cc2C(=N)C(N)=O)[C@@H]1C(=O)NCc1cccc(Cl)c1F. The van der Waals surface area contributed by atoms with Gasteiger partial charge in [-0.1, -0.05) is 23.7 Å². The Labute approximate surface area is 206 Å². The van der Waals surface area contributed by atoms with Crippen LogP contribution in [-0.2, 0) is 25.7 Å². The van der Waals surface area contributed by atoms with Crippen LogP contribution in [0.2, 0.25) is 5.02 Å². The average Bonchev–Trinajstić information content (AvgIpc) is 3.27. The van der Waals surface area contributed by atoms with Gasteiger partial charge < -0.3 is 26.0 Å². The fraction of sp³-hybridized carbons (Fsp3) is 0.348. The number of ether oxygens (including phenoxy) is 1. The van der Waals surface area contributed by atoms with Crippen LogP contribution in [0.25, 0.3) is 0 Å². The number of rotatable bonds is 9. The first-order valence-corrected chi connectivity index (χ1v) is 11.1. The van der Waals surface area contributed by atoms with Gasteiger partial charge in [0.05, 0.1) is 29.6 Å². The minimum atomic E-state index is -0.920. The molecule has 2 heterocycles. The lowest BCUT2D eigenvalue weighted by Gasteiger charge is -2.27. The highest BCUT2D eigenvalue weighted by molar-refractivity contribution is 6.44. The van der Waals surface area contributed by atoms with Crippen LogP contribution >= 0.6 is 11.6 Å². The molecule has 0 aliphatic carbocycles. The number of aromatic nitrogens is 1. The number of nitrogens with one attached hydrogen (secondary N) is 3. The summed E-state index contributed by atoms with van der Waals surface area (Å²) in [5, 5.41) is 13.4. The van der Waals surface area contributed by atoms with Crippen molar-refractivity contribution >= 4 is 40.7 Å². The number of halogens is 2. The van der Waals surface area contributed by atoms with Gasteiger partial charge in [0.15, 0.2) is 0 Å². The predicted octanol–water partition coefficient (Wildman–Crippen LogP) is 1.38. The number of primary amides is 1. The molecule has 3 amide bonds. The van der Waals surface area contributed by atoms with E-state index >= 15 is 0 Å². The summed E-state index contributed by atoms with van der Waals surface area (Å²) in [7, 11) is 1.45. The Bertz CT molecular complexity index is 1160. The van der Waals surface area contributed by atoms with E-state index in [1.165, 1.54) is 36.4 Å². The third-order valence-corrected chi connectivity index (χ3v) is 6.00. The first-order valence-electron chi connectivity index (χ1n) is 10.8. The summed E-state index contributed by atoms with van der Waals surface area (Å²) in [4.78, 5) is 43.0. The first-order chi connectivity index (χ1) is 16.6. The summed E-state index contributed by atoms with van der Waals surface area (Å²) in [6.07, 6.45) is 1.30. The minimum Gasteiger partial charge on any atom is -0.379 e. The van der Waals surface area contributed by atoms with Crippen LogP contribution in [0.4, 0.5) is 10.1 Å². The Hall–Kier alpha value is -3.57. The fourth-order valence-electron chi connectivity index (χ4n) is 3.89. The zero-order valence-corrected chi connectivity index (χ0v) is 20.0. The van der Waals surface area contributed by atoms with E-state index in [-0.39, 0.29) is 41.5 Å². The molecule has 3 rings (SSSR count). The highest BCUT2D eigenvalue weighted by Gasteiger charge is 2.42. The van der Waals surface area contributed by atoms with Gasteiger partial charge in [0.1, 0.15) is 17.6 Å². The molecule has 0 unspecified atom stereocenters. The van der Waals surface area contributed by atoms with Gasteiger partial charge in [-0.3, -0.25) is 24.8 Å². The van der Waals surface area contributed by atoms with Crippen LogP contribution in [0.3, 0.4) is 0 Å². The Balaban J connectivity index is 1.71. The zero-order chi connectivity index (χ0) is 25.7. The van der Waals surface area contributed by atoms with Gasteiger partial charge in [-0.15, -0.1) is 0 Å². The number of methoxy groups -OCH3 is 1. The van der Waals surface area contributed by atoms with E-state index in [1.54, 1.807) is 13.0 Å². The number of aryl methyl sites for hydroxylation is 1. The van der Waals surface area contributed by atoms with E-state index in [4.69, 9.17) is 27.5 Å². The number of anilines is 1. The maximum atomic E-state index is 14.2. The number of hydrogen-bond acceptors (Lipinski definition) is 7. The number of pyridine rings is 1. The molecule has 1 aromatic heterocycles. The lowest BCUT2D eigenvalue weighted by atomic mass is 10.1. The quantitative estimate of drug-likeness (QED) is 0.379. The second-order valence-corrected chi connectivity index (χ2v) is 8.40. The van der Waals surface area contributed by atoms with Crippen LogP contribution in [0, 0.1) is 18.2 Å². The second kappa shape index (κ2) is 11.2. The van der Waals surface area contributed by atoms with Gasteiger partial charge in [-0.25, -0.2) is 4.39 Å². The van der Waals surface area contributed by atoms with Crippen LogP contribution < -0.4 is 16.4 Å². The van der Waals surface area contributed by atoms with Gasteiger partial charge in [0.25, 0.3) is 5.91 Å². The summed E-state index contributed by atoms with van der Waals surface area (Å²) in [5.41, 5.74) is 6.10. The van der Waals surface area contributed by atoms with Gasteiger partial charge in [0.2, 0.25) is 11.8 Å². The maximum absolute atomic E-state index is 14.2. The number of hydrogen-bond donors (Lipinski definition) is 4. The molecule has 186 valence electrons. The van der Waals surface area contributed by atoms with E-state index in [2.05, 4.69) is 15.6 Å². The molecular weight excluding hydrogens is 479 g/mol. The average molecular weight is 505 g/mol. The van der Waals surface area contributed by atoms with Crippen molar-refractivity contribution in [2.45, 2.75) is 32.0 Å². The molecule has 2 aromatic rings. The normalized spacial score (nSPS) is 17.2. The summed E-state index contributed by atoms with van der Waals surface area (Å²) >= 11 is 5.80. The summed E-state index contributed by atoms with van der Waals surface area (Å²) in [6.45, 7) is 1.64. The Morgan fingerprint density at radius 2 is 2.11 bits per heavy atom. The molecule has 2 atom stereocenters.